The van der Waals surface area contributed by atoms with Gasteiger partial charge in [-0.05, 0) is 24.0 Å². The average Bonchev–Trinajstić information content (AvgIpc) is 2.98. The molecule has 4 atom stereocenters. The highest BCUT2D eigenvalue weighted by Gasteiger charge is 2.79. The molecule has 0 spiro atoms. The van der Waals surface area contributed by atoms with Gasteiger partial charge in [-0.15, -0.1) is 0 Å². The van der Waals surface area contributed by atoms with Crippen LogP contribution in [0.25, 0.3) is 0 Å². The number of halogens is 4. The van der Waals surface area contributed by atoms with Crippen molar-refractivity contribution in [3.63, 3.8) is 0 Å². The predicted molar refractivity (Wildman–Crippen MR) is 90.7 cm³/mol. The molecule has 2 bridgehead atoms. The van der Waals surface area contributed by atoms with Gasteiger partial charge in [0.05, 0.1) is 0 Å². The number of carbonyl (C=O) groups is 2. The molecule has 4 aliphatic carbocycles. The van der Waals surface area contributed by atoms with E-state index < -0.39 is 57.9 Å². The molecular formula is C22H12F4O3. The van der Waals surface area contributed by atoms with E-state index in [0.717, 1.165) is 0 Å². The van der Waals surface area contributed by atoms with Gasteiger partial charge in [0, 0.05) is 23.0 Å². The molecule has 0 saturated carbocycles. The van der Waals surface area contributed by atoms with Gasteiger partial charge >= 0.3 is 11.9 Å². The van der Waals surface area contributed by atoms with Crippen LogP contribution in [0.4, 0.5) is 17.6 Å². The molecule has 1 aliphatic heterocycles. The monoisotopic (exact) mass is 400 g/mol. The first-order valence-electron chi connectivity index (χ1n) is 9.24. The average molecular weight is 400 g/mol. The van der Waals surface area contributed by atoms with Crippen molar-refractivity contribution in [2.45, 2.75) is 24.7 Å². The number of allylic oxidation sites excluding steroid dienone is 2. The molecule has 7 rings (SSSR count). The van der Waals surface area contributed by atoms with Gasteiger partial charge in [-0.25, -0.2) is 17.6 Å². The van der Waals surface area contributed by atoms with Crippen LogP contribution in [-0.4, -0.2) is 11.9 Å². The third-order valence-electron chi connectivity index (χ3n) is 7.28. The second-order valence-corrected chi connectivity index (χ2v) is 8.08. The van der Waals surface area contributed by atoms with Gasteiger partial charge in [0.25, 0.3) is 0 Å². The third kappa shape index (κ3) is 1.50. The van der Waals surface area contributed by atoms with Crippen molar-refractivity contribution in [1.82, 2.24) is 0 Å². The Morgan fingerprint density at radius 2 is 1.14 bits per heavy atom. The lowest BCUT2D eigenvalue weighted by atomic mass is 9.38. The number of rotatable bonds is 0. The Labute approximate surface area is 162 Å². The minimum absolute atomic E-state index is 0.0621. The van der Waals surface area contributed by atoms with Gasteiger partial charge in [-0.2, -0.15) is 0 Å². The van der Waals surface area contributed by atoms with Crippen molar-refractivity contribution in [2.24, 2.45) is 10.8 Å². The SMILES string of the molecule is O=C1OC(=O)[C@@]23CC=CC[C@]12[C@@H]1c2ccccc2[C@H]3c2c(F)c(F)c(F)c(F)c21. The van der Waals surface area contributed by atoms with Crippen molar-refractivity contribution in [3.8, 4) is 0 Å². The molecule has 7 heteroatoms. The largest absolute Gasteiger partial charge is 0.392 e. The molecule has 2 aromatic carbocycles. The van der Waals surface area contributed by atoms with Crippen LogP contribution in [0.5, 0.6) is 0 Å². The summed E-state index contributed by atoms with van der Waals surface area (Å²) in [6.45, 7) is 0. The molecule has 0 radical (unpaired) electrons. The summed E-state index contributed by atoms with van der Waals surface area (Å²) in [5, 5.41) is 0. The quantitative estimate of drug-likeness (QED) is 0.166. The summed E-state index contributed by atoms with van der Waals surface area (Å²) in [4.78, 5) is 26.1. The molecule has 1 saturated heterocycles. The molecule has 0 unspecified atom stereocenters. The highest BCUT2D eigenvalue weighted by atomic mass is 19.2. The fourth-order valence-corrected chi connectivity index (χ4v) is 6.29. The molecule has 0 amide bonds. The molecule has 3 nitrogen and oxygen atoms in total. The second-order valence-electron chi connectivity index (χ2n) is 8.08. The Bertz CT molecular complexity index is 1110. The Hall–Kier alpha value is -2.96. The van der Waals surface area contributed by atoms with E-state index in [9.17, 15) is 18.4 Å². The van der Waals surface area contributed by atoms with Crippen molar-refractivity contribution in [2.75, 3.05) is 0 Å². The van der Waals surface area contributed by atoms with E-state index in [0.29, 0.717) is 11.1 Å². The number of carbonyl (C=O) groups excluding carboxylic acids is 2. The molecule has 0 N–H and O–H groups in total. The number of benzene rings is 2. The van der Waals surface area contributed by atoms with E-state index in [4.69, 9.17) is 4.74 Å². The summed E-state index contributed by atoms with van der Waals surface area (Å²) in [6.07, 6.45) is 3.53. The Kier molecular flexibility index (Phi) is 2.90. The summed E-state index contributed by atoms with van der Waals surface area (Å²) >= 11 is 0. The number of hydrogen-bond donors (Lipinski definition) is 0. The maximum Gasteiger partial charge on any atom is 0.322 e. The Morgan fingerprint density at radius 1 is 0.724 bits per heavy atom. The first-order valence-corrected chi connectivity index (χ1v) is 9.24. The lowest BCUT2D eigenvalue weighted by molar-refractivity contribution is -0.156. The van der Waals surface area contributed by atoms with E-state index in [2.05, 4.69) is 0 Å². The molecule has 146 valence electrons. The molecule has 29 heavy (non-hydrogen) atoms. The summed E-state index contributed by atoms with van der Waals surface area (Å²) in [5.74, 6) is -10.9. The maximum absolute atomic E-state index is 15.1. The van der Waals surface area contributed by atoms with Crippen molar-refractivity contribution >= 4 is 11.9 Å². The van der Waals surface area contributed by atoms with Crippen LogP contribution in [0.1, 0.15) is 46.9 Å². The topological polar surface area (TPSA) is 43.4 Å². The van der Waals surface area contributed by atoms with Crippen LogP contribution >= 0.6 is 0 Å². The standard InChI is InChI=1S/C22H12F4O3/c23-15-11-12(16(24)18(26)17(15)25)14-10-6-2-1-5-9(10)13(11)21-7-3-4-8-22(14,21)20(28)29-19(21)27/h1-6,13-14H,7-8H2/t13-,14+,21-,22-/m0/s1. The Balaban J connectivity index is 1.86. The number of cyclic esters (lactones) is 2. The zero-order valence-corrected chi connectivity index (χ0v) is 14.8. The number of esters is 2. The fraction of sp³-hybridized carbons (Fsp3) is 0.273. The molecule has 2 aromatic rings. The lowest BCUT2D eigenvalue weighted by Gasteiger charge is -2.59. The van der Waals surface area contributed by atoms with Crippen LogP contribution in [0.3, 0.4) is 0 Å². The van der Waals surface area contributed by atoms with Crippen LogP contribution in [0.15, 0.2) is 36.4 Å². The normalized spacial score (nSPS) is 33.1. The van der Waals surface area contributed by atoms with Crippen LogP contribution in [-0.2, 0) is 14.3 Å². The first-order chi connectivity index (χ1) is 13.9. The third-order valence-corrected chi connectivity index (χ3v) is 7.28. The smallest absolute Gasteiger partial charge is 0.322 e. The van der Waals surface area contributed by atoms with E-state index in [1.165, 1.54) is 0 Å². The number of hydrogen-bond acceptors (Lipinski definition) is 3. The van der Waals surface area contributed by atoms with E-state index in [1.807, 2.05) is 0 Å². The second kappa shape index (κ2) is 4.96. The summed E-state index contributed by atoms with van der Waals surface area (Å²) in [6, 6.07) is 6.65. The van der Waals surface area contributed by atoms with Gasteiger partial charge in [-0.3, -0.25) is 9.59 Å². The van der Waals surface area contributed by atoms with E-state index in [-0.39, 0.29) is 24.0 Å². The van der Waals surface area contributed by atoms with Gasteiger partial charge in [-0.1, -0.05) is 36.4 Å². The molecule has 1 heterocycles. The summed E-state index contributed by atoms with van der Waals surface area (Å²) < 4.78 is 63.7. The predicted octanol–water partition coefficient (Wildman–Crippen LogP) is 4.24. The van der Waals surface area contributed by atoms with E-state index >= 15 is 8.78 Å². The van der Waals surface area contributed by atoms with E-state index in [1.54, 1.807) is 36.4 Å². The van der Waals surface area contributed by atoms with Crippen LogP contribution in [0, 0.1) is 34.1 Å². The molecular weight excluding hydrogens is 388 g/mol. The van der Waals surface area contributed by atoms with Crippen molar-refractivity contribution < 1.29 is 31.9 Å². The minimum atomic E-state index is -1.92. The zero-order valence-electron chi connectivity index (χ0n) is 14.8. The number of ether oxygens (including phenoxy) is 1. The van der Waals surface area contributed by atoms with Crippen LogP contribution < -0.4 is 0 Å². The molecule has 5 aliphatic rings. The molecule has 1 fully saturated rings. The Morgan fingerprint density at radius 3 is 1.55 bits per heavy atom. The van der Waals surface area contributed by atoms with Gasteiger partial charge in [0.15, 0.2) is 23.3 Å². The van der Waals surface area contributed by atoms with Gasteiger partial charge in [0.1, 0.15) is 10.8 Å². The highest BCUT2D eigenvalue weighted by Crippen LogP contribution is 2.76. The van der Waals surface area contributed by atoms with Crippen LogP contribution in [0.2, 0.25) is 0 Å². The maximum atomic E-state index is 15.1. The fourth-order valence-electron chi connectivity index (χ4n) is 6.29. The molecule has 0 aromatic heterocycles. The summed E-state index contributed by atoms with van der Waals surface area (Å²) in [5.41, 5.74) is -2.81. The zero-order chi connectivity index (χ0) is 20.3. The van der Waals surface area contributed by atoms with Gasteiger partial charge in [0.2, 0.25) is 0 Å². The lowest BCUT2D eigenvalue weighted by Crippen LogP contribution is -2.60. The first kappa shape index (κ1) is 16.9. The van der Waals surface area contributed by atoms with Crippen molar-refractivity contribution in [1.29, 1.82) is 0 Å². The minimum Gasteiger partial charge on any atom is -0.392 e. The van der Waals surface area contributed by atoms with Gasteiger partial charge < -0.3 is 4.74 Å². The summed E-state index contributed by atoms with van der Waals surface area (Å²) in [7, 11) is 0. The van der Waals surface area contributed by atoms with Crippen molar-refractivity contribution in [3.05, 3.63) is 81.9 Å². The highest BCUT2D eigenvalue weighted by molar-refractivity contribution is 6.06.